The maximum absolute atomic E-state index is 11.8. The summed E-state index contributed by atoms with van der Waals surface area (Å²) in [6.45, 7) is 0. The molecule has 0 atom stereocenters. The van der Waals surface area contributed by atoms with Gasteiger partial charge in [0.25, 0.3) is 0 Å². The average Bonchev–Trinajstić information content (AvgIpc) is 1.75. The van der Waals surface area contributed by atoms with E-state index in [1.165, 1.54) is 0 Å². The van der Waals surface area contributed by atoms with Gasteiger partial charge in [-0.2, -0.15) is 26.3 Å². The van der Waals surface area contributed by atoms with Gasteiger partial charge in [0.2, 0.25) is 0 Å². The van der Waals surface area contributed by atoms with Crippen LogP contribution in [0.5, 0.6) is 0 Å². The largest absolute Gasteiger partial charge is 0.501 e. The second-order valence-corrected chi connectivity index (χ2v) is 2.27. The maximum Gasteiger partial charge on any atom is 0.501 e. The van der Waals surface area contributed by atoms with Crippen molar-refractivity contribution in [3.05, 3.63) is 10.1 Å². The number of nitrogens with zero attached hydrogens (tertiary/aromatic N) is 1. The molecule has 5 nitrogen and oxygen atoms in total. The van der Waals surface area contributed by atoms with Crippen LogP contribution in [0.2, 0.25) is 0 Å². The van der Waals surface area contributed by atoms with E-state index in [-0.39, 0.29) is 0 Å². The van der Waals surface area contributed by atoms with Crippen LogP contribution in [-0.2, 0) is 4.79 Å². The van der Waals surface area contributed by atoms with Crippen molar-refractivity contribution in [2.45, 2.75) is 17.9 Å². The van der Waals surface area contributed by atoms with Crippen LogP contribution in [0, 0.1) is 10.1 Å². The van der Waals surface area contributed by atoms with E-state index in [0.717, 1.165) is 0 Å². The first-order valence-corrected chi connectivity index (χ1v) is 2.90. The zero-order valence-electron chi connectivity index (χ0n) is 6.39. The minimum absolute atomic E-state index is 2.92. The van der Waals surface area contributed by atoms with Crippen molar-refractivity contribution in [2.24, 2.45) is 0 Å². The van der Waals surface area contributed by atoms with Crippen LogP contribution >= 0.6 is 0 Å². The summed E-state index contributed by atoms with van der Waals surface area (Å²) in [6, 6.07) is 0. The number of nitro groups is 1. The fourth-order valence-corrected chi connectivity index (χ4v) is 0.688. The molecule has 0 saturated heterocycles. The molecule has 15 heavy (non-hydrogen) atoms. The van der Waals surface area contributed by atoms with Gasteiger partial charge in [0.15, 0.2) is 0 Å². The number of hydrogen-bond acceptors (Lipinski definition) is 3. The zero-order chi connectivity index (χ0) is 12.7. The Labute approximate surface area is 76.4 Å². The van der Waals surface area contributed by atoms with Crippen molar-refractivity contribution in [2.75, 3.05) is 0 Å². The quantitative estimate of drug-likeness (QED) is 0.447. The van der Waals surface area contributed by atoms with Crippen LogP contribution in [0.3, 0.4) is 0 Å². The summed E-state index contributed by atoms with van der Waals surface area (Å²) in [5.41, 5.74) is -5.99. The Morgan fingerprint density at radius 2 is 1.33 bits per heavy atom. The van der Waals surface area contributed by atoms with Gasteiger partial charge in [0.05, 0.1) is 4.92 Å². The molecular formula is C4HF6NO4. The number of carboxylic acids is 1. The molecule has 0 aromatic heterocycles. The molecule has 11 heteroatoms. The van der Waals surface area contributed by atoms with Crippen molar-refractivity contribution in [1.29, 1.82) is 0 Å². The monoisotopic (exact) mass is 241 g/mol. The first-order chi connectivity index (χ1) is 6.39. The fourth-order valence-electron chi connectivity index (χ4n) is 0.688. The van der Waals surface area contributed by atoms with Crippen molar-refractivity contribution < 1.29 is 41.2 Å². The molecular weight excluding hydrogens is 240 g/mol. The highest BCUT2D eigenvalue weighted by molar-refractivity contribution is 5.79. The number of halogens is 6. The molecule has 0 aliphatic carbocycles. The Hall–Kier alpha value is -1.55. The molecule has 0 bridgehead atoms. The lowest BCUT2D eigenvalue weighted by Gasteiger charge is -2.24. The van der Waals surface area contributed by atoms with Crippen LogP contribution in [0.25, 0.3) is 0 Å². The third-order valence-corrected chi connectivity index (χ3v) is 1.40. The van der Waals surface area contributed by atoms with Gasteiger partial charge in [-0.15, -0.1) is 0 Å². The highest BCUT2D eigenvalue weighted by Gasteiger charge is 2.87. The first kappa shape index (κ1) is 13.4. The second kappa shape index (κ2) is 3.24. The van der Waals surface area contributed by atoms with Gasteiger partial charge in [0, 0.05) is 0 Å². The van der Waals surface area contributed by atoms with Gasteiger partial charge in [0.1, 0.15) is 0 Å². The lowest BCUT2D eigenvalue weighted by atomic mass is 9.99. The minimum Gasteiger partial charge on any atom is -0.475 e. The van der Waals surface area contributed by atoms with Gasteiger partial charge in [-0.1, -0.05) is 0 Å². The number of alkyl halides is 6. The molecule has 0 heterocycles. The van der Waals surface area contributed by atoms with Crippen molar-refractivity contribution in [3.8, 4) is 0 Å². The SMILES string of the molecule is O=C(O)C([N+](=O)[O-])(C(F)(F)F)C(F)(F)F. The topological polar surface area (TPSA) is 80.4 Å². The summed E-state index contributed by atoms with van der Waals surface area (Å²) in [6.07, 6.45) is -13.2. The van der Waals surface area contributed by atoms with Gasteiger partial charge < -0.3 is 5.11 Å². The predicted molar refractivity (Wildman–Crippen MR) is 29.5 cm³/mol. The minimum atomic E-state index is -6.58. The summed E-state index contributed by atoms with van der Waals surface area (Å²) in [4.78, 5) is 16.7. The molecule has 0 unspecified atom stereocenters. The summed E-state index contributed by atoms with van der Waals surface area (Å²) >= 11 is 0. The summed E-state index contributed by atoms with van der Waals surface area (Å²) in [5, 5.41) is 17.5. The second-order valence-electron chi connectivity index (χ2n) is 2.27. The van der Waals surface area contributed by atoms with Gasteiger partial charge in [-0.05, 0) is 0 Å². The van der Waals surface area contributed by atoms with E-state index in [9.17, 15) is 41.3 Å². The molecule has 0 saturated carbocycles. The lowest BCUT2D eigenvalue weighted by molar-refractivity contribution is -0.636. The third kappa shape index (κ3) is 1.68. The first-order valence-electron chi connectivity index (χ1n) is 2.90. The van der Waals surface area contributed by atoms with E-state index < -0.39 is 28.8 Å². The molecule has 0 aliphatic heterocycles. The highest BCUT2D eigenvalue weighted by atomic mass is 19.4. The van der Waals surface area contributed by atoms with Crippen LogP contribution in [-0.4, -0.2) is 33.9 Å². The number of hydrogen-bond donors (Lipinski definition) is 1. The van der Waals surface area contributed by atoms with Gasteiger partial charge in [-0.25, -0.2) is 4.79 Å². The molecule has 0 aromatic rings. The van der Waals surface area contributed by atoms with E-state index in [2.05, 4.69) is 0 Å². The Morgan fingerprint density at radius 1 is 1.07 bits per heavy atom. The van der Waals surface area contributed by atoms with Crippen molar-refractivity contribution in [1.82, 2.24) is 0 Å². The van der Waals surface area contributed by atoms with Crippen molar-refractivity contribution in [3.63, 3.8) is 0 Å². The number of carbonyl (C=O) groups is 1. The van der Waals surface area contributed by atoms with Crippen LogP contribution in [0.15, 0.2) is 0 Å². The van der Waals surface area contributed by atoms with Crippen LogP contribution < -0.4 is 0 Å². The van der Waals surface area contributed by atoms with E-state index in [1.54, 1.807) is 0 Å². The fraction of sp³-hybridized carbons (Fsp3) is 0.750. The Bertz CT molecular complexity index is 262. The molecule has 0 amide bonds. The normalized spacial score (nSPS) is 13.7. The summed E-state index contributed by atoms with van der Waals surface area (Å²) in [5.74, 6) is -3.63. The van der Waals surface area contributed by atoms with E-state index >= 15 is 0 Å². The lowest BCUT2D eigenvalue weighted by Crippen LogP contribution is -2.67. The molecule has 88 valence electrons. The molecule has 0 spiro atoms. The molecule has 0 radical (unpaired) electrons. The van der Waals surface area contributed by atoms with E-state index in [1.807, 2.05) is 0 Å². The molecule has 0 fully saturated rings. The van der Waals surface area contributed by atoms with E-state index in [4.69, 9.17) is 5.11 Å². The zero-order valence-corrected chi connectivity index (χ0v) is 6.39. The molecule has 1 N–H and O–H groups in total. The Morgan fingerprint density at radius 3 is 1.33 bits per heavy atom. The summed E-state index contributed by atoms with van der Waals surface area (Å²) < 4.78 is 71.0. The Kier molecular flexibility index (Phi) is 2.90. The number of aliphatic carboxylic acids is 1. The third-order valence-electron chi connectivity index (χ3n) is 1.40. The van der Waals surface area contributed by atoms with E-state index in [0.29, 0.717) is 0 Å². The highest BCUT2D eigenvalue weighted by Crippen LogP contribution is 2.45. The maximum atomic E-state index is 11.8. The molecule has 0 aliphatic rings. The Balaban J connectivity index is 5.97. The van der Waals surface area contributed by atoms with Gasteiger partial charge >= 0.3 is 23.9 Å². The van der Waals surface area contributed by atoms with Crippen LogP contribution in [0.4, 0.5) is 26.3 Å². The summed E-state index contributed by atoms with van der Waals surface area (Å²) in [7, 11) is 0. The molecule has 0 rings (SSSR count). The average molecular weight is 241 g/mol. The number of rotatable bonds is 2. The predicted octanol–water partition coefficient (Wildman–Crippen LogP) is 1.21. The number of carboxylic acid groups (broad SMARTS) is 1. The van der Waals surface area contributed by atoms with Gasteiger partial charge in [-0.3, -0.25) is 10.1 Å². The smallest absolute Gasteiger partial charge is 0.475 e. The molecule has 0 aromatic carbocycles. The van der Waals surface area contributed by atoms with Crippen LogP contribution in [0.1, 0.15) is 0 Å². The standard InChI is InChI=1S/C4HF6NO4/c5-3(6,7)2(1(12)13,11(14)15)4(8,9)10/h(H,12,13). The van der Waals surface area contributed by atoms with Crippen molar-refractivity contribution >= 4 is 5.97 Å².